The Morgan fingerprint density at radius 2 is 1.93 bits per heavy atom. The summed E-state index contributed by atoms with van der Waals surface area (Å²) in [7, 11) is 0. The zero-order valence-electron chi connectivity index (χ0n) is 15.0. The predicted molar refractivity (Wildman–Crippen MR) is 101 cm³/mol. The van der Waals surface area contributed by atoms with E-state index in [1.807, 2.05) is 23.6 Å². The van der Waals surface area contributed by atoms with Crippen LogP contribution in [0.15, 0.2) is 47.8 Å². The molecular weight excluding hydrogens is 364 g/mol. The number of rotatable bonds is 4. The Balaban J connectivity index is 1.81. The number of anilines is 1. The second-order valence-electron chi connectivity index (χ2n) is 6.91. The number of thiophene rings is 1. The second kappa shape index (κ2) is 6.58. The van der Waals surface area contributed by atoms with Gasteiger partial charge in [0, 0.05) is 4.88 Å². The molecule has 2 saturated heterocycles. The fraction of sp³-hybridized carbons (Fsp3) is 0.350. The maximum absolute atomic E-state index is 13.3. The monoisotopic (exact) mass is 384 g/mol. The molecule has 2 fully saturated rings. The number of nitrogens with one attached hydrogen (secondary N) is 1. The SMILES string of the molecule is CCOC(=O)[C@]1(C)N[C@H](c2cccs2)[C@@H]2C(=O)N(c3ccccc3)C(=O)[C@H]21. The molecule has 0 radical (unpaired) electrons. The summed E-state index contributed by atoms with van der Waals surface area (Å²) in [6.07, 6.45) is 0. The largest absolute Gasteiger partial charge is 0.465 e. The first-order valence-electron chi connectivity index (χ1n) is 8.90. The maximum atomic E-state index is 13.3. The highest BCUT2D eigenvalue weighted by molar-refractivity contribution is 7.10. The molecule has 2 aliphatic heterocycles. The van der Waals surface area contributed by atoms with Crippen LogP contribution in [0.2, 0.25) is 0 Å². The third kappa shape index (κ3) is 2.61. The van der Waals surface area contributed by atoms with Gasteiger partial charge in [-0.3, -0.25) is 19.7 Å². The minimum Gasteiger partial charge on any atom is -0.465 e. The van der Waals surface area contributed by atoms with Crippen molar-refractivity contribution >= 4 is 34.8 Å². The van der Waals surface area contributed by atoms with Crippen LogP contribution in [0.1, 0.15) is 24.8 Å². The van der Waals surface area contributed by atoms with Crippen molar-refractivity contribution in [1.82, 2.24) is 5.32 Å². The van der Waals surface area contributed by atoms with Crippen LogP contribution < -0.4 is 10.2 Å². The van der Waals surface area contributed by atoms with E-state index in [0.29, 0.717) is 5.69 Å². The topological polar surface area (TPSA) is 75.7 Å². The summed E-state index contributed by atoms with van der Waals surface area (Å²) in [6.45, 7) is 3.60. The number of nitrogens with zero attached hydrogens (tertiary/aromatic N) is 1. The molecule has 0 unspecified atom stereocenters. The molecule has 27 heavy (non-hydrogen) atoms. The van der Waals surface area contributed by atoms with E-state index in [2.05, 4.69) is 5.32 Å². The van der Waals surface area contributed by atoms with Gasteiger partial charge in [-0.25, -0.2) is 4.90 Å². The van der Waals surface area contributed by atoms with Gasteiger partial charge in [0.1, 0.15) is 5.54 Å². The lowest BCUT2D eigenvalue weighted by Gasteiger charge is -2.28. The van der Waals surface area contributed by atoms with Crippen LogP contribution >= 0.6 is 11.3 Å². The van der Waals surface area contributed by atoms with Gasteiger partial charge in [-0.05, 0) is 37.4 Å². The molecule has 1 aromatic heterocycles. The Hall–Kier alpha value is -2.51. The minimum atomic E-state index is -1.26. The lowest BCUT2D eigenvalue weighted by Crippen LogP contribution is -2.54. The number of imide groups is 1. The molecular formula is C20H20N2O4S. The van der Waals surface area contributed by atoms with Crippen LogP contribution in [0.3, 0.4) is 0 Å². The molecule has 1 N–H and O–H groups in total. The van der Waals surface area contributed by atoms with Crippen LogP contribution in [-0.4, -0.2) is 29.9 Å². The number of amides is 2. The lowest BCUT2D eigenvalue weighted by atomic mass is 9.81. The van der Waals surface area contributed by atoms with Crippen molar-refractivity contribution in [3.63, 3.8) is 0 Å². The number of carbonyl (C=O) groups is 3. The Morgan fingerprint density at radius 1 is 1.19 bits per heavy atom. The van der Waals surface area contributed by atoms with E-state index in [1.165, 1.54) is 16.2 Å². The average Bonchev–Trinajstić information content (AvgIpc) is 3.34. The van der Waals surface area contributed by atoms with Gasteiger partial charge in [-0.15, -0.1) is 11.3 Å². The summed E-state index contributed by atoms with van der Waals surface area (Å²) in [5.74, 6) is -2.61. The molecule has 140 valence electrons. The van der Waals surface area contributed by atoms with E-state index >= 15 is 0 Å². The molecule has 0 spiro atoms. The molecule has 4 rings (SSSR count). The second-order valence-corrected chi connectivity index (χ2v) is 7.89. The first-order valence-corrected chi connectivity index (χ1v) is 9.78. The Labute approximate surface area is 161 Å². The van der Waals surface area contributed by atoms with Gasteiger partial charge < -0.3 is 4.74 Å². The highest BCUT2D eigenvalue weighted by Gasteiger charge is 2.67. The summed E-state index contributed by atoms with van der Waals surface area (Å²) in [6, 6.07) is 12.3. The molecule has 3 heterocycles. The number of benzene rings is 1. The normalized spacial score (nSPS) is 29.9. The van der Waals surface area contributed by atoms with Crippen LogP contribution in [0, 0.1) is 11.8 Å². The van der Waals surface area contributed by atoms with Crippen molar-refractivity contribution in [2.24, 2.45) is 11.8 Å². The highest BCUT2D eigenvalue weighted by atomic mass is 32.1. The van der Waals surface area contributed by atoms with Crippen molar-refractivity contribution in [3.8, 4) is 0 Å². The molecule has 2 aliphatic rings. The minimum absolute atomic E-state index is 0.210. The third-order valence-electron chi connectivity index (χ3n) is 5.35. The van der Waals surface area contributed by atoms with Crippen molar-refractivity contribution < 1.29 is 19.1 Å². The van der Waals surface area contributed by atoms with Crippen molar-refractivity contribution in [2.45, 2.75) is 25.4 Å². The number of carbonyl (C=O) groups excluding carboxylic acids is 3. The number of para-hydroxylation sites is 1. The van der Waals surface area contributed by atoms with Gasteiger partial charge in [-0.1, -0.05) is 24.3 Å². The third-order valence-corrected chi connectivity index (χ3v) is 6.31. The number of ether oxygens (including phenoxy) is 1. The standard InChI is InChI=1S/C20H20N2O4S/c1-3-26-19(25)20(2)15-14(16(21-20)13-10-7-11-27-13)17(23)22(18(15)24)12-8-5-4-6-9-12/h4-11,14-16,21H,3H2,1-2H3/t14-,15+,16-,20-/m1/s1. The van der Waals surface area contributed by atoms with Crippen molar-refractivity contribution in [2.75, 3.05) is 11.5 Å². The van der Waals surface area contributed by atoms with Gasteiger partial charge in [-0.2, -0.15) is 0 Å². The summed E-state index contributed by atoms with van der Waals surface area (Å²) in [4.78, 5) is 41.5. The smallest absolute Gasteiger partial charge is 0.326 e. The van der Waals surface area contributed by atoms with Gasteiger partial charge >= 0.3 is 5.97 Å². The molecule has 2 amide bonds. The summed E-state index contributed by atoms with van der Waals surface area (Å²) < 4.78 is 5.25. The van der Waals surface area contributed by atoms with Crippen LogP contribution in [0.25, 0.3) is 0 Å². The fourth-order valence-corrected chi connectivity index (χ4v) is 4.97. The summed E-state index contributed by atoms with van der Waals surface area (Å²) in [5.41, 5.74) is -0.732. The summed E-state index contributed by atoms with van der Waals surface area (Å²) >= 11 is 1.50. The van der Waals surface area contributed by atoms with E-state index in [4.69, 9.17) is 4.74 Å². The molecule has 4 atom stereocenters. The van der Waals surface area contributed by atoms with Gasteiger partial charge in [0.25, 0.3) is 0 Å². The Morgan fingerprint density at radius 3 is 2.56 bits per heavy atom. The van der Waals surface area contributed by atoms with E-state index in [1.54, 1.807) is 38.1 Å². The quantitative estimate of drug-likeness (QED) is 0.648. The molecule has 1 aromatic carbocycles. The first kappa shape index (κ1) is 17.9. The van der Waals surface area contributed by atoms with Gasteiger partial charge in [0.05, 0.1) is 30.2 Å². The van der Waals surface area contributed by atoms with Crippen molar-refractivity contribution in [1.29, 1.82) is 0 Å². The Bertz CT molecular complexity index is 883. The van der Waals surface area contributed by atoms with Crippen molar-refractivity contribution in [3.05, 3.63) is 52.7 Å². The van der Waals surface area contributed by atoms with Crippen LogP contribution in [0.4, 0.5) is 5.69 Å². The lowest BCUT2D eigenvalue weighted by molar-refractivity contribution is -0.153. The van der Waals surface area contributed by atoms with Gasteiger partial charge in [0.15, 0.2) is 0 Å². The molecule has 0 aliphatic carbocycles. The van der Waals surface area contributed by atoms with E-state index < -0.39 is 29.4 Å². The number of hydrogen-bond donors (Lipinski definition) is 1. The van der Waals surface area contributed by atoms with Crippen LogP contribution in [0.5, 0.6) is 0 Å². The van der Waals surface area contributed by atoms with E-state index in [0.717, 1.165) is 4.88 Å². The maximum Gasteiger partial charge on any atom is 0.326 e. The molecule has 0 bridgehead atoms. The zero-order chi connectivity index (χ0) is 19.2. The highest BCUT2D eigenvalue weighted by Crippen LogP contribution is 2.50. The van der Waals surface area contributed by atoms with E-state index in [-0.39, 0.29) is 18.4 Å². The molecule has 0 saturated carbocycles. The predicted octanol–water partition coefficient (Wildman–Crippen LogP) is 2.52. The first-order chi connectivity index (χ1) is 13.0. The number of esters is 1. The molecule has 6 nitrogen and oxygen atoms in total. The van der Waals surface area contributed by atoms with Gasteiger partial charge in [0.2, 0.25) is 11.8 Å². The van der Waals surface area contributed by atoms with E-state index in [9.17, 15) is 14.4 Å². The number of hydrogen-bond acceptors (Lipinski definition) is 6. The average molecular weight is 384 g/mol. The summed E-state index contributed by atoms with van der Waals surface area (Å²) in [5, 5.41) is 5.18. The Kier molecular flexibility index (Phi) is 4.36. The fourth-order valence-electron chi connectivity index (χ4n) is 4.15. The molecule has 2 aromatic rings. The zero-order valence-corrected chi connectivity index (χ0v) is 15.9. The molecule has 7 heteroatoms. The van der Waals surface area contributed by atoms with Crippen LogP contribution in [-0.2, 0) is 19.1 Å². The number of fused-ring (bicyclic) bond motifs is 1.